The van der Waals surface area contributed by atoms with E-state index in [1.807, 2.05) is 13.8 Å². The fourth-order valence-electron chi connectivity index (χ4n) is 2.65. The molecule has 2 N–H and O–H groups in total. The van der Waals surface area contributed by atoms with Crippen molar-refractivity contribution in [3.8, 4) is 0 Å². The summed E-state index contributed by atoms with van der Waals surface area (Å²) < 4.78 is 16.4. The van der Waals surface area contributed by atoms with Gasteiger partial charge >= 0.3 is 5.97 Å². The number of nitrogens with two attached hydrogens (primary N) is 1. The van der Waals surface area contributed by atoms with Gasteiger partial charge in [-0.2, -0.15) is 0 Å². The SMILES string of the molecule is CC1CC(OC(=O)C2(N)CCOCC2)CC(C)O1. The number of esters is 1. The van der Waals surface area contributed by atoms with Crippen molar-refractivity contribution in [1.82, 2.24) is 0 Å². The standard InChI is InChI=1S/C13H23NO4/c1-9-7-11(8-10(2)17-9)18-12(15)13(14)3-5-16-6-4-13/h9-11H,3-8,14H2,1-2H3. The number of carbonyl (C=O) groups is 1. The summed E-state index contributed by atoms with van der Waals surface area (Å²) in [6.45, 7) is 5.07. The summed E-state index contributed by atoms with van der Waals surface area (Å²) in [6, 6.07) is 0. The lowest BCUT2D eigenvalue weighted by Gasteiger charge is -2.36. The molecule has 5 heteroatoms. The summed E-state index contributed by atoms with van der Waals surface area (Å²) in [5.41, 5.74) is 5.25. The number of rotatable bonds is 2. The van der Waals surface area contributed by atoms with Crippen molar-refractivity contribution in [1.29, 1.82) is 0 Å². The summed E-state index contributed by atoms with van der Waals surface area (Å²) in [5.74, 6) is -0.280. The van der Waals surface area contributed by atoms with Gasteiger partial charge in [-0.25, -0.2) is 0 Å². The molecule has 0 bridgehead atoms. The number of hydrogen-bond donors (Lipinski definition) is 1. The molecule has 2 atom stereocenters. The smallest absolute Gasteiger partial charge is 0.326 e. The monoisotopic (exact) mass is 257 g/mol. The Bertz CT molecular complexity index is 291. The van der Waals surface area contributed by atoms with Crippen molar-refractivity contribution in [2.45, 2.75) is 63.4 Å². The second-order valence-electron chi connectivity index (χ2n) is 5.52. The molecule has 0 radical (unpaired) electrons. The second kappa shape index (κ2) is 5.55. The van der Waals surface area contributed by atoms with Crippen LogP contribution in [0, 0.1) is 0 Å². The van der Waals surface area contributed by atoms with Gasteiger partial charge in [-0.15, -0.1) is 0 Å². The third kappa shape index (κ3) is 3.22. The Morgan fingerprint density at radius 1 is 1.22 bits per heavy atom. The van der Waals surface area contributed by atoms with E-state index in [0.29, 0.717) is 26.1 Å². The van der Waals surface area contributed by atoms with Crippen molar-refractivity contribution in [3.63, 3.8) is 0 Å². The van der Waals surface area contributed by atoms with E-state index in [1.54, 1.807) is 0 Å². The summed E-state index contributed by atoms with van der Waals surface area (Å²) in [6.07, 6.45) is 2.79. The van der Waals surface area contributed by atoms with Gasteiger partial charge in [0, 0.05) is 26.1 Å². The van der Waals surface area contributed by atoms with Crippen LogP contribution in [0.15, 0.2) is 0 Å². The van der Waals surface area contributed by atoms with E-state index in [-0.39, 0.29) is 24.3 Å². The highest BCUT2D eigenvalue weighted by Crippen LogP contribution is 2.25. The highest BCUT2D eigenvalue weighted by Gasteiger charge is 2.39. The zero-order valence-electron chi connectivity index (χ0n) is 11.2. The van der Waals surface area contributed by atoms with E-state index in [4.69, 9.17) is 19.9 Å². The molecule has 18 heavy (non-hydrogen) atoms. The molecule has 2 aliphatic heterocycles. The van der Waals surface area contributed by atoms with Gasteiger partial charge in [0.25, 0.3) is 0 Å². The maximum absolute atomic E-state index is 12.2. The van der Waals surface area contributed by atoms with Gasteiger partial charge in [-0.1, -0.05) is 0 Å². The summed E-state index contributed by atoms with van der Waals surface area (Å²) in [5, 5.41) is 0. The normalized spacial score (nSPS) is 36.1. The minimum absolute atomic E-state index is 0.0699. The van der Waals surface area contributed by atoms with Crippen molar-refractivity contribution >= 4 is 5.97 Å². The molecule has 5 nitrogen and oxygen atoms in total. The molecule has 2 unspecified atom stereocenters. The predicted molar refractivity (Wildman–Crippen MR) is 66.1 cm³/mol. The second-order valence-corrected chi connectivity index (χ2v) is 5.52. The molecule has 0 aromatic heterocycles. The molecular formula is C13H23NO4. The van der Waals surface area contributed by atoms with Gasteiger partial charge in [-0.05, 0) is 26.7 Å². The Balaban J connectivity index is 1.90. The molecule has 0 aliphatic carbocycles. The van der Waals surface area contributed by atoms with Crippen LogP contribution in [0.3, 0.4) is 0 Å². The van der Waals surface area contributed by atoms with Gasteiger partial charge in [0.15, 0.2) is 0 Å². The van der Waals surface area contributed by atoms with Gasteiger partial charge < -0.3 is 19.9 Å². The average molecular weight is 257 g/mol. The summed E-state index contributed by atoms with van der Waals surface area (Å²) in [7, 11) is 0. The van der Waals surface area contributed by atoms with E-state index in [0.717, 1.165) is 12.8 Å². The molecule has 0 spiro atoms. The molecule has 2 fully saturated rings. The molecule has 0 aromatic carbocycles. The van der Waals surface area contributed by atoms with E-state index in [1.165, 1.54) is 0 Å². The van der Waals surface area contributed by atoms with E-state index >= 15 is 0 Å². The van der Waals surface area contributed by atoms with Crippen LogP contribution in [0.2, 0.25) is 0 Å². The minimum atomic E-state index is -0.858. The van der Waals surface area contributed by atoms with E-state index in [9.17, 15) is 4.79 Å². The highest BCUT2D eigenvalue weighted by molar-refractivity contribution is 5.80. The van der Waals surface area contributed by atoms with Crippen LogP contribution in [0.4, 0.5) is 0 Å². The topological polar surface area (TPSA) is 70.8 Å². The van der Waals surface area contributed by atoms with Crippen molar-refractivity contribution in [2.75, 3.05) is 13.2 Å². The Hall–Kier alpha value is -0.650. The van der Waals surface area contributed by atoms with Gasteiger partial charge in [0.05, 0.1) is 12.2 Å². The van der Waals surface area contributed by atoms with Crippen LogP contribution in [0.25, 0.3) is 0 Å². The number of carbonyl (C=O) groups excluding carboxylic acids is 1. The van der Waals surface area contributed by atoms with E-state index < -0.39 is 5.54 Å². The molecule has 0 aromatic rings. The fourth-order valence-corrected chi connectivity index (χ4v) is 2.65. The van der Waals surface area contributed by atoms with Crippen LogP contribution in [-0.2, 0) is 19.0 Å². The lowest BCUT2D eigenvalue weighted by atomic mass is 9.91. The van der Waals surface area contributed by atoms with Crippen molar-refractivity contribution < 1.29 is 19.0 Å². The number of hydrogen-bond acceptors (Lipinski definition) is 5. The third-order valence-corrected chi connectivity index (χ3v) is 3.72. The van der Waals surface area contributed by atoms with Crippen molar-refractivity contribution in [3.05, 3.63) is 0 Å². The first-order chi connectivity index (χ1) is 8.49. The van der Waals surface area contributed by atoms with Crippen molar-refractivity contribution in [2.24, 2.45) is 5.73 Å². The van der Waals surface area contributed by atoms with Crippen LogP contribution in [-0.4, -0.2) is 43.0 Å². The fraction of sp³-hybridized carbons (Fsp3) is 0.923. The molecule has 2 aliphatic rings. The zero-order chi connectivity index (χ0) is 13.2. The maximum atomic E-state index is 12.2. The lowest BCUT2D eigenvalue weighted by molar-refractivity contribution is -0.169. The zero-order valence-corrected chi connectivity index (χ0v) is 11.2. The molecule has 2 saturated heterocycles. The molecule has 104 valence electrons. The van der Waals surface area contributed by atoms with Crippen LogP contribution in [0.1, 0.15) is 39.5 Å². The van der Waals surface area contributed by atoms with Gasteiger partial charge in [0.2, 0.25) is 0 Å². The maximum Gasteiger partial charge on any atom is 0.326 e. The summed E-state index contributed by atoms with van der Waals surface area (Å²) in [4.78, 5) is 12.2. The minimum Gasteiger partial charge on any atom is -0.461 e. The third-order valence-electron chi connectivity index (χ3n) is 3.72. The van der Waals surface area contributed by atoms with Gasteiger partial charge in [-0.3, -0.25) is 4.79 Å². The van der Waals surface area contributed by atoms with Gasteiger partial charge in [0.1, 0.15) is 11.6 Å². The molecule has 2 rings (SSSR count). The van der Waals surface area contributed by atoms with Crippen LogP contribution < -0.4 is 5.73 Å². The first-order valence-electron chi connectivity index (χ1n) is 6.73. The van der Waals surface area contributed by atoms with E-state index in [2.05, 4.69) is 0 Å². The highest BCUT2D eigenvalue weighted by atomic mass is 16.6. The molecule has 0 amide bonds. The lowest BCUT2D eigenvalue weighted by Crippen LogP contribution is -2.54. The predicted octanol–water partition coefficient (Wildman–Crippen LogP) is 0.993. The Morgan fingerprint density at radius 2 is 1.78 bits per heavy atom. The quantitative estimate of drug-likeness (QED) is 0.747. The average Bonchev–Trinajstić information content (AvgIpc) is 2.28. The van der Waals surface area contributed by atoms with Crippen LogP contribution >= 0.6 is 0 Å². The first-order valence-corrected chi connectivity index (χ1v) is 6.73. The first kappa shape index (κ1) is 13.8. The number of ether oxygens (including phenoxy) is 3. The largest absolute Gasteiger partial charge is 0.461 e. The molecule has 0 saturated carbocycles. The molecular weight excluding hydrogens is 234 g/mol. The Labute approximate surface area is 108 Å². The molecule has 2 heterocycles. The van der Waals surface area contributed by atoms with Crippen LogP contribution in [0.5, 0.6) is 0 Å². The summed E-state index contributed by atoms with van der Waals surface area (Å²) >= 11 is 0. The Morgan fingerprint density at radius 3 is 2.33 bits per heavy atom. The Kier molecular flexibility index (Phi) is 4.25.